The highest BCUT2D eigenvalue weighted by atomic mass is 35.5. The third-order valence-electron chi connectivity index (χ3n) is 3.65. The number of hydrogen-bond donors (Lipinski definition) is 1. The van der Waals surface area contributed by atoms with Gasteiger partial charge in [-0.05, 0) is 42.3 Å². The van der Waals surface area contributed by atoms with E-state index < -0.39 is 17.6 Å². The van der Waals surface area contributed by atoms with E-state index in [9.17, 15) is 18.0 Å². The zero-order chi connectivity index (χ0) is 18.6. The largest absolute Gasteiger partial charge is 0.418 e. The molecule has 25 heavy (non-hydrogen) atoms. The van der Waals surface area contributed by atoms with Crippen LogP contribution in [-0.4, -0.2) is 20.0 Å². The normalized spacial score (nSPS) is 11.3. The highest BCUT2D eigenvalue weighted by Gasteiger charge is 2.34. The number of alkyl halides is 3. The summed E-state index contributed by atoms with van der Waals surface area (Å²) in [6.07, 6.45) is -4.06. The fourth-order valence-electron chi connectivity index (χ4n) is 2.28. The van der Waals surface area contributed by atoms with Gasteiger partial charge in [0.25, 0.3) is 0 Å². The lowest BCUT2D eigenvalue weighted by molar-refractivity contribution is -0.136. The molecule has 0 saturated carbocycles. The van der Waals surface area contributed by atoms with Crippen LogP contribution in [0.5, 0.6) is 0 Å². The Morgan fingerprint density at radius 1 is 1.12 bits per heavy atom. The van der Waals surface area contributed by atoms with Gasteiger partial charge in [-0.25, -0.2) is 0 Å². The lowest BCUT2D eigenvalue weighted by Crippen LogP contribution is -2.18. The topological polar surface area (TPSA) is 32.3 Å². The highest BCUT2D eigenvalue weighted by Crippen LogP contribution is 2.37. The summed E-state index contributed by atoms with van der Waals surface area (Å²) in [5.74, 6) is -0.474. The van der Waals surface area contributed by atoms with E-state index in [0.29, 0.717) is 17.1 Å². The van der Waals surface area contributed by atoms with Gasteiger partial charge >= 0.3 is 6.18 Å². The van der Waals surface area contributed by atoms with E-state index in [4.69, 9.17) is 11.6 Å². The molecular formula is C18H18ClF3N2O. The van der Waals surface area contributed by atoms with E-state index in [1.165, 1.54) is 12.1 Å². The molecule has 0 atom stereocenters. The van der Waals surface area contributed by atoms with Crippen LogP contribution in [0.2, 0.25) is 5.02 Å². The van der Waals surface area contributed by atoms with Crippen molar-refractivity contribution >= 4 is 28.9 Å². The van der Waals surface area contributed by atoms with Crippen LogP contribution in [0.25, 0.3) is 0 Å². The number of benzene rings is 2. The molecule has 0 saturated heterocycles. The molecule has 0 fully saturated rings. The predicted octanol–water partition coefficient (Wildman–Crippen LogP) is 5.00. The molecule has 0 bridgehead atoms. The summed E-state index contributed by atoms with van der Waals surface area (Å²) >= 11 is 5.79. The summed E-state index contributed by atoms with van der Waals surface area (Å²) in [5.41, 5.74) is 0.197. The van der Waals surface area contributed by atoms with Crippen LogP contribution in [0, 0.1) is 0 Å². The quantitative estimate of drug-likeness (QED) is 0.803. The van der Waals surface area contributed by atoms with Gasteiger partial charge in [-0.3, -0.25) is 4.79 Å². The lowest BCUT2D eigenvalue weighted by Gasteiger charge is -2.18. The average Bonchev–Trinajstić information content (AvgIpc) is 2.53. The molecule has 7 heteroatoms. The number of carbonyl (C=O) groups excluding carboxylic acids is 1. The fraction of sp³-hybridized carbons (Fsp3) is 0.278. The van der Waals surface area contributed by atoms with Crippen molar-refractivity contribution in [2.24, 2.45) is 0 Å². The Bertz CT molecular complexity index is 743. The average molecular weight is 371 g/mol. The molecule has 0 heterocycles. The second kappa shape index (κ2) is 7.78. The Balaban J connectivity index is 2.10. The minimum absolute atomic E-state index is 0.0777. The van der Waals surface area contributed by atoms with E-state index in [1.54, 1.807) is 43.3 Å². The van der Waals surface area contributed by atoms with Crippen LogP contribution in [0.1, 0.15) is 17.5 Å². The smallest absolute Gasteiger partial charge is 0.378 e. The molecule has 1 amide bonds. The molecule has 2 aromatic rings. The molecule has 2 rings (SSSR count). The molecule has 0 aliphatic heterocycles. The van der Waals surface area contributed by atoms with Crippen molar-refractivity contribution in [3.8, 4) is 0 Å². The summed E-state index contributed by atoms with van der Waals surface area (Å²) in [4.78, 5) is 13.6. The standard InChI is InChI=1S/C18H18ClF3N2O/c1-24(2)14-8-9-16(15(11-14)18(20,21)22)23-17(25)10-5-12-3-6-13(19)7-4-12/h3-4,6-9,11H,5,10H2,1-2H3,(H,23,25). The Morgan fingerprint density at radius 2 is 1.76 bits per heavy atom. The van der Waals surface area contributed by atoms with Gasteiger partial charge in [-0.1, -0.05) is 23.7 Å². The van der Waals surface area contributed by atoms with Crippen molar-refractivity contribution in [2.75, 3.05) is 24.3 Å². The lowest BCUT2D eigenvalue weighted by atomic mass is 10.1. The zero-order valence-electron chi connectivity index (χ0n) is 13.8. The minimum atomic E-state index is -4.55. The van der Waals surface area contributed by atoms with Crippen molar-refractivity contribution in [3.05, 3.63) is 58.6 Å². The summed E-state index contributed by atoms with van der Waals surface area (Å²) in [5, 5.41) is 2.95. The number of carbonyl (C=O) groups is 1. The van der Waals surface area contributed by atoms with Crippen molar-refractivity contribution in [1.29, 1.82) is 0 Å². The minimum Gasteiger partial charge on any atom is -0.378 e. The molecule has 134 valence electrons. The van der Waals surface area contributed by atoms with Crippen LogP contribution in [0.3, 0.4) is 0 Å². The molecular weight excluding hydrogens is 353 g/mol. The summed E-state index contributed by atoms with van der Waals surface area (Å²) in [6.45, 7) is 0. The second-order valence-corrected chi connectivity index (χ2v) is 6.23. The van der Waals surface area contributed by atoms with Gasteiger partial charge in [0.1, 0.15) is 0 Å². The van der Waals surface area contributed by atoms with Crippen molar-refractivity contribution in [2.45, 2.75) is 19.0 Å². The third-order valence-corrected chi connectivity index (χ3v) is 3.91. The number of amides is 1. The van der Waals surface area contributed by atoms with E-state index in [-0.39, 0.29) is 12.1 Å². The number of rotatable bonds is 5. The predicted molar refractivity (Wildman–Crippen MR) is 94.2 cm³/mol. The van der Waals surface area contributed by atoms with Gasteiger partial charge < -0.3 is 10.2 Å². The van der Waals surface area contributed by atoms with Crippen molar-refractivity contribution in [3.63, 3.8) is 0 Å². The van der Waals surface area contributed by atoms with Gasteiger partial charge in [0.15, 0.2) is 0 Å². The van der Waals surface area contributed by atoms with Gasteiger partial charge in [0.05, 0.1) is 11.3 Å². The van der Waals surface area contributed by atoms with E-state index in [2.05, 4.69) is 5.32 Å². The van der Waals surface area contributed by atoms with Gasteiger partial charge in [-0.15, -0.1) is 0 Å². The van der Waals surface area contributed by atoms with E-state index in [0.717, 1.165) is 11.6 Å². The molecule has 2 aromatic carbocycles. The maximum atomic E-state index is 13.2. The molecule has 0 spiro atoms. The van der Waals surface area contributed by atoms with Crippen LogP contribution in [0.4, 0.5) is 24.5 Å². The van der Waals surface area contributed by atoms with Crippen molar-refractivity contribution < 1.29 is 18.0 Å². The highest BCUT2D eigenvalue weighted by molar-refractivity contribution is 6.30. The molecule has 0 aromatic heterocycles. The molecule has 0 unspecified atom stereocenters. The first-order valence-electron chi connectivity index (χ1n) is 7.59. The number of aryl methyl sites for hydroxylation is 1. The Morgan fingerprint density at radius 3 is 2.32 bits per heavy atom. The second-order valence-electron chi connectivity index (χ2n) is 5.80. The first-order valence-corrected chi connectivity index (χ1v) is 7.97. The molecule has 0 aliphatic rings. The van der Waals surface area contributed by atoms with Gasteiger partial charge in [0, 0.05) is 31.2 Å². The van der Waals surface area contributed by atoms with Crippen LogP contribution < -0.4 is 10.2 Å². The Labute approximate surface area is 149 Å². The van der Waals surface area contributed by atoms with E-state index >= 15 is 0 Å². The van der Waals surface area contributed by atoms with Crippen LogP contribution in [0.15, 0.2) is 42.5 Å². The maximum Gasteiger partial charge on any atom is 0.418 e. The number of hydrogen-bond acceptors (Lipinski definition) is 2. The van der Waals surface area contributed by atoms with Crippen LogP contribution in [-0.2, 0) is 17.4 Å². The Kier molecular flexibility index (Phi) is 5.95. The maximum absolute atomic E-state index is 13.2. The number of nitrogens with zero attached hydrogens (tertiary/aromatic N) is 1. The van der Waals surface area contributed by atoms with Gasteiger partial charge in [-0.2, -0.15) is 13.2 Å². The van der Waals surface area contributed by atoms with Crippen molar-refractivity contribution in [1.82, 2.24) is 0 Å². The zero-order valence-corrected chi connectivity index (χ0v) is 14.6. The monoisotopic (exact) mass is 370 g/mol. The molecule has 0 radical (unpaired) electrons. The third kappa shape index (κ3) is 5.39. The first kappa shape index (κ1) is 19.1. The Hall–Kier alpha value is -2.21. The summed E-state index contributed by atoms with van der Waals surface area (Å²) in [6, 6.07) is 10.8. The number of nitrogens with one attached hydrogen (secondary N) is 1. The molecule has 0 aliphatic carbocycles. The molecule has 1 N–H and O–H groups in total. The van der Waals surface area contributed by atoms with E-state index in [1.807, 2.05) is 0 Å². The summed E-state index contributed by atoms with van der Waals surface area (Å²) < 4.78 is 39.7. The van der Waals surface area contributed by atoms with Crippen LogP contribution >= 0.6 is 11.6 Å². The number of halogens is 4. The summed E-state index contributed by atoms with van der Waals surface area (Å²) in [7, 11) is 3.31. The fourth-order valence-corrected chi connectivity index (χ4v) is 2.40. The SMILES string of the molecule is CN(C)c1ccc(NC(=O)CCc2ccc(Cl)cc2)c(C(F)(F)F)c1. The van der Waals surface area contributed by atoms with Gasteiger partial charge in [0.2, 0.25) is 5.91 Å². The first-order chi connectivity index (χ1) is 11.7. The molecule has 3 nitrogen and oxygen atoms in total. The number of anilines is 2.